The predicted octanol–water partition coefficient (Wildman–Crippen LogP) is 0.936. The summed E-state index contributed by atoms with van der Waals surface area (Å²) in [6.45, 7) is 0.572. The van der Waals surface area contributed by atoms with Crippen molar-refractivity contribution >= 4 is 5.91 Å². The third-order valence-corrected chi connectivity index (χ3v) is 4.08. The largest absolute Gasteiger partial charge is 0.497 e. The van der Waals surface area contributed by atoms with Crippen LogP contribution >= 0.6 is 0 Å². The summed E-state index contributed by atoms with van der Waals surface area (Å²) in [6.07, 6.45) is 2.89. The maximum atomic E-state index is 12.0. The molecule has 1 aliphatic carbocycles. The summed E-state index contributed by atoms with van der Waals surface area (Å²) < 4.78 is 11.9. The normalized spacial score (nSPS) is 12.5. The average molecular weight is 343 g/mol. The Balaban J connectivity index is 1.46. The average Bonchev–Trinajstić information content (AvgIpc) is 3.07. The molecule has 0 atom stereocenters. The number of nitrogens with zero attached hydrogens (tertiary/aromatic N) is 2. The third-order valence-electron chi connectivity index (χ3n) is 4.08. The molecule has 0 bridgehead atoms. The number of rotatable bonds is 7. The van der Waals surface area contributed by atoms with Gasteiger partial charge in [0.05, 0.1) is 19.3 Å². The van der Waals surface area contributed by atoms with Gasteiger partial charge in [-0.25, -0.2) is 4.68 Å². The number of aryl methyl sites for hydroxylation is 2. The number of carbonyl (C=O) groups is 1. The van der Waals surface area contributed by atoms with Crippen LogP contribution in [-0.4, -0.2) is 35.9 Å². The highest BCUT2D eigenvalue weighted by Gasteiger charge is 2.14. The second kappa shape index (κ2) is 7.83. The predicted molar refractivity (Wildman–Crippen MR) is 92.0 cm³/mol. The van der Waals surface area contributed by atoms with Gasteiger partial charge in [0.25, 0.3) is 11.5 Å². The lowest BCUT2D eigenvalue weighted by Gasteiger charge is -2.10. The minimum absolute atomic E-state index is 0.0975. The highest BCUT2D eigenvalue weighted by atomic mass is 16.5. The van der Waals surface area contributed by atoms with E-state index in [9.17, 15) is 9.59 Å². The molecule has 7 heteroatoms. The molecule has 1 aliphatic rings. The number of nitrogens with one attached hydrogen (secondary N) is 1. The Morgan fingerprint density at radius 2 is 2.12 bits per heavy atom. The van der Waals surface area contributed by atoms with Crippen LogP contribution in [0.4, 0.5) is 0 Å². The van der Waals surface area contributed by atoms with Crippen molar-refractivity contribution in [2.75, 3.05) is 20.3 Å². The van der Waals surface area contributed by atoms with Gasteiger partial charge in [0, 0.05) is 18.7 Å². The van der Waals surface area contributed by atoms with Gasteiger partial charge in [0.1, 0.15) is 11.5 Å². The summed E-state index contributed by atoms with van der Waals surface area (Å²) in [5.41, 5.74) is 1.92. The smallest absolute Gasteiger partial charge is 0.267 e. The van der Waals surface area contributed by atoms with E-state index >= 15 is 0 Å². The first-order valence-electron chi connectivity index (χ1n) is 8.29. The van der Waals surface area contributed by atoms with Crippen molar-refractivity contribution in [3.05, 3.63) is 51.9 Å². The van der Waals surface area contributed by atoms with Crippen LogP contribution in [0.15, 0.2) is 35.1 Å². The molecule has 132 valence electrons. The van der Waals surface area contributed by atoms with Crippen LogP contribution in [0, 0.1) is 0 Å². The molecule has 1 N–H and O–H groups in total. The van der Waals surface area contributed by atoms with E-state index in [2.05, 4.69) is 10.4 Å². The number of benzene rings is 1. The number of aromatic nitrogens is 2. The van der Waals surface area contributed by atoms with E-state index in [1.54, 1.807) is 37.4 Å². The fourth-order valence-corrected chi connectivity index (χ4v) is 2.79. The van der Waals surface area contributed by atoms with Gasteiger partial charge < -0.3 is 14.8 Å². The minimum Gasteiger partial charge on any atom is -0.497 e. The Morgan fingerprint density at radius 1 is 1.28 bits per heavy atom. The summed E-state index contributed by atoms with van der Waals surface area (Å²) in [7, 11) is 1.57. The van der Waals surface area contributed by atoms with Crippen molar-refractivity contribution in [2.45, 2.75) is 25.8 Å². The molecule has 1 amide bonds. The maximum Gasteiger partial charge on any atom is 0.267 e. The van der Waals surface area contributed by atoms with E-state index in [1.165, 1.54) is 4.68 Å². The number of hydrogen-bond donors (Lipinski definition) is 1. The molecule has 0 spiro atoms. The fourth-order valence-electron chi connectivity index (χ4n) is 2.79. The van der Waals surface area contributed by atoms with E-state index in [-0.39, 0.29) is 18.1 Å². The SMILES string of the molecule is COc1cccc(OCC(=O)NCCn2nc3c(cc2=O)CCC3)c1. The number of methoxy groups -OCH3 is 1. The number of amides is 1. The first-order valence-corrected chi connectivity index (χ1v) is 8.29. The van der Waals surface area contributed by atoms with Crippen LogP contribution in [0.3, 0.4) is 0 Å². The molecule has 0 aliphatic heterocycles. The molecule has 2 aromatic rings. The van der Waals surface area contributed by atoms with Gasteiger partial charge in [-0.05, 0) is 37.0 Å². The molecule has 1 heterocycles. The highest BCUT2D eigenvalue weighted by Crippen LogP contribution is 2.18. The van der Waals surface area contributed by atoms with E-state index in [4.69, 9.17) is 9.47 Å². The zero-order valence-electron chi connectivity index (χ0n) is 14.2. The monoisotopic (exact) mass is 343 g/mol. The summed E-state index contributed by atoms with van der Waals surface area (Å²) in [5, 5.41) is 7.10. The molecule has 1 aromatic heterocycles. The molecule has 0 radical (unpaired) electrons. The standard InChI is InChI=1S/C18H21N3O4/c1-24-14-5-3-6-15(11-14)25-12-17(22)19-8-9-21-18(23)10-13-4-2-7-16(13)20-21/h3,5-6,10-11H,2,4,7-9,12H2,1H3,(H,19,22). The number of ether oxygens (including phenoxy) is 2. The van der Waals surface area contributed by atoms with Gasteiger partial charge in [-0.3, -0.25) is 9.59 Å². The van der Waals surface area contributed by atoms with Crippen LogP contribution in [0.1, 0.15) is 17.7 Å². The summed E-state index contributed by atoms with van der Waals surface area (Å²) >= 11 is 0. The molecule has 3 rings (SSSR count). The topological polar surface area (TPSA) is 82.4 Å². The van der Waals surface area contributed by atoms with Gasteiger partial charge in [0.2, 0.25) is 0 Å². The molecule has 25 heavy (non-hydrogen) atoms. The van der Waals surface area contributed by atoms with Crippen molar-refractivity contribution < 1.29 is 14.3 Å². The van der Waals surface area contributed by atoms with Crippen molar-refractivity contribution in [3.8, 4) is 11.5 Å². The molecular formula is C18H21N3O4. The highest BCUT2D eigenvalue weighted by molar-refractivity contribution is 5.77. The zero-order chi connectivity index (χ0) is 17.6. The van der Waals surface area contributed by atoms with Crippen LogP contribution in [0.25, 0.3) is 0 Å². The van der Waals surface area contributed by atoms with Crippen LogP contribution in [-0.2, 0) is 24.2 Å². The zero-order valence-corrected chi connectivity index (χ0v) is 14.2. The summed E-state index contributed by atoms with van der Waals surface area (Å²) in [4.78, 5) is 23.8. The molecule has 0 saturated heterocycles. The molecule has 1 aromatic carbocycles. The van der Waals surface area contributed by atoms with Gasteiger partial charge in [-0.15, -0.1) is 0 Å². The van der Waals surface area contributed by atoms with Crippen molar-refractivity contribution in [2.24, 2.45) is 0 Å². The van der Waals surface area contributed by atoms with E-state index < -0.39 is 0 Å². The Labute approximate surface area is 145 Å². The van der Waals surface area contributed by atoms with Gasteiger partial charge >= 0.3 is 0 Å². The molecular weight excluding hydrogens is 322 g/mol. The molecule has 0 unspecified atom stereocenters. The van der Waals surface area contributed by atoms with Crippen molar-refractivity contribution in [1.82, 2.24) is 15.1 Å². The Hall–Kier alpha value is -2.83. The number of fused-ring (bicyclic) bond motifs is 1. The van der Waals surface area contributed by atoms with Gasteiger partial charge in [0.15, 0.2) is 6.61 Å². The van der Waals surface area contributed by atoms with Crippen LogP contribution in [0.2, 0.25) is 0 Å². The third kappa shape index (κ3) is 4.37. The Kier molecular flexibility index (Phi) is 5.33. The maximum absolute atomic E-state index is 12.0. The molecule has 0 saturated carbocycles. The van der Waals surface area contributed by atoms with E-state index in [1.807, 2.05) is 0 Å². The first kappa shape index (κ1) is 17.0. The lowest BCUT2D eigenvalue weighted by Crippen LogP contribution is -2.34. The number of carbonyl (C=O) groups excluding carboxylic acids is 1. The minimum atomic E-state index is -0.253. The Morgan fingerprint density at radius 3 is 2.96 bits per heavy atom. The number of hydrogen-bond acceptors (Lipinski definition) is 5. The van der Waals surface area contributed by atoms with Gasteiger partial charge in [-0.1, -0.05) is 6.07 Å². The Bertz CT molecular complexity index is 816. The van der Waals surface area contributed by atoms with Crippen molar-refractivity contribution in [1.29, 1.82) is 0 Å². The fraction of sp³-hybridized carbons (Fsp3) is 0.389. The van der Waals surface area contributed by atoms with Crippen molar-refractivity contribution in [3.63, 3.8) is 0 Å². The van der Waals surface area contributed by atoms with Gasteiger partial charge in [-0.2, -0.15) is 5.10 Å². The lowest BCUT2D eigenvalue weighted by molar-refractivity contribution is -0.123. The quantitative estimate of drug-likeness (QED) is 0.809. The van der Waals surface area contributed by atoms with E-state index in [0.717, 1.165) is 30.5 Å². The van der Waals surface area contributed by atoms with Crippen LogP contribution < -0.4 is 20.3 Å². The van der Waals surface area contributed by atoms with E-state index in [0.29, 0.717) is 24.6 Å². The summed E-state index contributed by atoms with van der Waals surface area (Å²) in [6, 6.07) is 8.71. The first-order chi connectivity index (χ1) is 12.2. The lowest BCUT2D eigenvalue weighted by atomic mass is 10.2. The molecule has 0 fully saturated rings. The summed E-state index contributed by atoms with van der Waals surface area (Å²) in [5.74, 6) is 0.975. The second-order valence-corrected chi connectivity index (χ2v) is 5.85. The molecule has 7 nitrogen and oxygen atoms in total. The second-order valence-electron chi connectivity index (χ2n) is 5.85. The van der Waals surface area contributed by atoms with Crippen LogP contribution in [0.5, 0.6) is 11.5 Å².